The number of carbonyl (C=O) groups excluding carboxylic acids is 1. The van der Waals surface area contributed by atoms with E-state index in [-0.39, 0.29) is 18.1 Å². The Morgan fingerprint density at radius 2 is 2.00 bits per heavy atom. The Morgan fingerprint density at radius 1 is 1.29 bits per heavy atom. The average Bonchev–Trinajstić information content (AvgIpc) is 3.06. The summed E-state index contributed by atoms with van der Waals surface area (Å²) in [5.74, 6) is 2.96. The number of pyridine rings is 1. The Hall–Kier alpha value is -2.50. The van der Waals surface area contributed by atoms with Crippen LogP contribution < -0.4 is 16.2 Å². The van der Waals surface area contributed by atoms with Crippen LogP contribution in [0.5, 0.6) is 0 Å². The highest BCUT2D eigenvalue weighted by Crippen LogP contribution is 2.47. The molecule has 2 aromatic heterocycles. The first-order valence-electron chi connectivity index (χ1n) is 8.23. The van der Waals surface area contributed by atoms with Crippen LogP contribution in [0.4, 0.5) is 4.79 Å². The van der Waals surface area contributed by atoms with Gasteiger partial charge < -0.3 is 20.0 Å². The van der Waals surface area contributed by atoms with Gasteiger partial charge in [-0.15, -0.1) is 0 Å². The lowest BCUT2D eigenvalue weighted by Crippen LogP contribution is -2.36. The smallest absolute Gasteiger partial charge is 0.315 e. The summed E-state index contributed by atoms with van der Waals surface area (Å²) in [5.41, 5.74) is 2.08. The summed E-state index contributed by atoms with van der Waals surface area (Å²) < 4.78 is 5.75. The molecule has 6 heteroatoms. The van der Waals surface area contributed by atoms with E-state index in [0.717, 1.165) is 22.8 Å². The van der Waals surface area contributed by atoms with Crippen molar-refractivity contribution >= 4 is 6.03 Å². The largest absolute Gasteiger partial charge is 0.464 e. The summed E-state index contributed by atoms with van der Waals surface area (Å²) in [7, 11) is 0. The van der Waals surface area contributed by atoms with Gasteiger partial charge in [-0.1, -0.05) is 6.92 Å². The topological polar surface area (TPSA) is 87.1 Å². The van der Waals surface area contributed by atoms with E-state index in [1.807, 2.05) is 32.0 Å². The van der Waals surface area contributed by atoms with Gasteiger partial charge in [0.15, 0.2) is 0 Å². The highest BCUT2D eigenvalue weighted by atomic mass is 16.3. The zero-order chi connectivity index (χ0) is 17.3. The maximum atomic E-state index is 11.9. The van der Waals surface area contributed by atoms with E-state index in [0.29, 0.717) is 23.9 Å². The predicted molar refractivity (Wildman–Crippen MR) is 90.8 cm³/mol. The van der Waals surface area contributed by atoms with Gasteiger partial charge in [-0.05, 0) is 49.9 Å². The van der Waals surface area contributed by atoms with Gasteiger partial charge in [0.1, 0.15) is 11.5 Å². The zero-order valence-electron chi connectivity index (χ0n) is 14.2. The van der Waals surface area contributed by atoms with Gasteiger partial charge in [-0.3, -0.25) is 4.79 Å². The molecule has 0 bridgehead atoms. The summed E-state index contributed by atoms with van der Waals surface area (Å²) >= 11 is 0. The van der Waals surface area contributed by atoms with Crippen LogP contribution in [0.2, 0.25) is 0 Å². The average molecular weight is 329 g/mol. The molecule has 1 aliphatic carbocycles. The fourth-order valence-corrected chi connectivity index (χ4v) is 2.91. The minimum Gasteiger partial charge on any atom is -0.464 e. The number of aromatic amines is 1. The molecular weight excluding hydrogens is 306 g/mol. The van der Waals surface area contributed by atoms with Crippen molar-refractivity contribution in [1.29, 1.82) is 0 Å². The Kier molecular flexibility index (Phi) is 4.46. The minimum absolute atomic E-state index is 0.165. The summed E-state index contributed by atoms with van der Waals surface area (Å²) in [6, 6.07) is 5.44. The zero-order valence-corrected chi connectivity index (χ0v) is 14.2. The Bertz CT molecular complexity index is 806. The van der Waals surface area contributed by atoms with Gasteiger partial charge in [0.05, 0.1) is 13.1 Å². The highest BCUT2D eigenvalue weighted by molar-refractivity contribution is 5.73. The first-order chi connectivity index (χ1) is 11.4. The van der Waals surface area contributed by atoms with Crippen molar-refractivity contribution in [3.8, 4) is 0 Å². The van der Waals surface area contributed by atoms with Crippen LogP contribution >= 0.6 is 0 Å². The van der Waals surface area contributed by atoms with E-state index in [4.69, 9.17) is 4.42 Å². The number of hydrogen-bond acceptors (Lipinski definition) is 3. The lowest BCUT2D eigenvalue weighted by atomic mass is 10.1. The van der Waals surface area contributed by atoms with Crippen molar-refractivity contribution in [2.75, 3.05) is 0 Å². The molecule has 3 N–H and O–H groups in total. The molecule has 1 saturated carbocycles. The van der Waals surface area contributed by atoms with E-state index in [1.54, 1.807) is 0 Å². The molecule has 0 saturated heterocycles. The quantitative estimate of drug-likeness (QED) is 0.788. The monoisotopic (exact) mass is 329 g/mol. The Morgan fingerprint density at radius 3 is 2.67 bits per heavy atom. The number of furan rings is 1. The van der Waals surface area contributed by atoms with Gasteiger partial charge in [0.2, 0.25) is 0 Å². The summed E-state index contributed by atoms with van der Waals surface area (Å²) in [6.07, 6.45) is 1.17. The molecule has 1 aliphatic rings. The second-order valence-corrected chi connectivity index (χ2v) is 6.60. The Balaban J connectivity index is 1.49. The van der Waals surface area contributed by atoms with Crippen molar-refractivity contribution in [1.82, 2.24) is 15.6 Å². The Labute approximate surface area is 140 Å². The van der Waals surface area contributed by atoms with Crippen molar-refractivity contribution in [3.05, 3.63) is 56.9 Å². The SMILES string of the molecule is Cc1cc(C)c(CNC(=O)NCc2ccc([C@@H]3C[C@H]3C)o2)c(=O)[nH]1. The van der Waals surface area contributed by atoms with Crippen molar-refractivity contribution in [3.63, 3.8) is 0 Å². The fraction of sp³-hybridized carbons (Fsp3) is 0.444. The van der Waals surface area contributed by atoms with Crippen LogP contribution in [0.15, 0.2) is 27.4 Å². The van der Waals surface area contributed by atoms with Gasteiger partial charge in [0.25, 0.3) is 5.56 Å². The number of amides is 2. The molecule has 0 spiro atoms. The molecule has 2 amide bonds. The van der Waals surface area contributed by atoms with E-state index in [9.17, 15) is 9.59 Å². The van der Waals surface area contributed by atoms with E-state index in [2.05, 4.69) is 22.5 Å². The fourth-order valence-electron chi connectivity index (χ4n) is 2.91. The van der Waals surface area contributed by atoms with Gasteiger partial charge in [-0.2, -0.15) is 0 Å². The maximum absolute atomic E-state index is 11.9. The molecule has 128 valence electrons. The summed E-state index contributed by atoms with van der Waals surface area (Å²) in [6.45, 7) is 6.42. The molecule has 0 aliphatic heterocycles. The predicted octanol–water partition coefficient (Wildman–Crippen LogP) is 2.71. The van der Waals surface area contributed by atoms with Crippen LogP contribution in [-0.4, -0.2) is 11.0 Å². The standard InChI is InChI=1S/C18H23N3O3/c1-10-6-12(3)21-17(22)15(10)9-20-18(23)19-8-13-4-5-16(24-13)14-7-11(14)2/h4-6,11,14H,7-9H2,1-3H3,(H,21,22)(H2,19,20,23)/t11-,14-/m1/s1. The van der Waals surface area contributed by atoms with Crippen LogP contribution in [0.3, 0.4) is 0 Å². The molecule has 0 aromatic carbocycles. The molecule has 24 heavy (non-hydrogen) atoms. The van der Waals surface area contributed by atoms with Crippen molar-refractivity contribution in [2.45, 2.75) is 46.2 Å². The minimum atomic E-state index is -0.327. The summed E-state index contributed by atoms with van der Waals surface area (Å²) in [5, 5.41) is 5.45. The molecule has 0 unspecified atom stereocenters. The lowest BCUT2D eigenvalue weighted by Gasteiger charge is -2.09. The molecule has 2 heterocycles. The lowest BCUT2D eigenvalue weighted by molar-refractivity contribution is 0.239. The number of hydrogen-bond donors (Lipinski definition) is 3. The van der Waals surface area contributed by atoms with Crippen molar-refractivity contribution < 1.29 is 9.21 Å². The van der Waals surface area contributed by atoms with E-state index >= 15 is 0 Å². The van der Waals surface area contributed by atoms with Gasteiger partial charge in [-0.25, -0.2) is 4.79 Å². The molecule has 2 atom stereocenters. The van der Waals surface area contributed by atoms with Crippen molar-refractivity contribution in [2.24, 2.45) is 5.92 Å². The first-order valence-corrected chi connectivity index (χ1v) is 8.23. The third-order valence-electron chi connectivity index (χ3n) is 4.50. The molecular formula is C18H23N3O3. The van der Waals surface area contributed by atoms with Crippen LogP contribution in [0, 0.1) is 19.8 Å². The van der Waals surface area contributed by atoms with Crippen LogP contribution in [-0.2, 0) is 13.1 Å². The highest BCUT2D eigenvalue weighted by Gasteiger charge is 2.36. The molecule has 6 nitrogen and oxygen atoms in total. The number of nitrogens with one attached hydrogen (secondary N) is 3. The molecule has 1 fully saturated rings. The second kappa shape index (κ2) is 6.55. The number of H-pyrrole nitrogens is 1. The second-order valence-electron chi connectivity index (χ2n) is 6.60. The number of rotatable bonds is 5. The maximum Gasteiger partial charge on any atom is 0.315 e. The van der Waals surface area contributed by atoms with Gasteiger partial charge >= 0.3 is 6.03 Å². The molecule has 0 radical (unpaired) electrons. The van der Waals surface area contributed by atoms with E-state index < -0.39 is 0 Å². The molecule has 2 aromatic rings. The van der Waals surface area contributed by atoms with Gasteiger partial charge in [0, 0.05) is 17.2 Å². The third-order valence-corrected chi connectivity index (χ3v) is 4.50. The third kappa shape index (κ3) is 3.69. The normalized spacial score (nSPS) is 19.1. The number of urea groups is 1. The van der Waals surface area contributed by atoms with Crippen LogP contribution in [0.25, 0.3) is 0 Å². The molecule has 3 rings (SSSR count). The number of aromatic nitrogens is 1. The number of carbonyl (C=O) groups is 1. The number of aryl methyl sites for hydroxylation is 2. The first kappa shape index (κ1) is 16.4. The van der Waals surface area contributed by atoms with Crippen LogP contribution in [0.1, 0.15) is 47.6 Å². The van der Waals surface area contributed by atoms with E-state index in [1.165, 1.54) is 6.42 Å². The summed E-state index contributed by atoms with van der Waals surface area (Å²) in [4.78, 5) is 26.6.